The summed E-state index contributed by atoms with van der Waals surface area (Å²) >= 11 is 0. The summed E-state index contributed by atoms with van der Waals surface area (Å²) in [7, 11) is 1.56. The van der Waals surface area contributed by atoms with Crippen molar-refractivity contribution in [1.29, 1.82) is 0 Å². The molecule has 0 spiro atoms. The number of rotatable bonds is 6. The fourth-order valence-corrected chi connectivity index (χ4v) is 2.25. The first-order chi connectivity index (χ1) is 9.13. The van der Waals surface area contributed by atoms with Crippen molar-refractivity contribution in [2.24, 2.45) is 5.92 Å². The number of anilines is 1. The van der Waals surface area contributed by atoms with E-state index in [4.69, 9.17) is 10.5 Å². The average molecular weight is 262 g/mol. The molecule has 1 amide bonds. The largest absolute Gasteiger partial charge is 0.496 e. The Morgan fingerprint density at radius 2 is 2.26 bits per heavy atom. The minimum absolute atomic E-state index is 0.100. The van der Waals surface area contributed by atoms with Gasteiger partial charge in [0, 0.05) is 11.7 Å². The molecule has 1 unspecified atom stereocenters. The van der Waals surface area contributed by atoms with E-state index >= 15 is 0 Å². The van der Waals surface area contributed by atoms with Crippen LogP contribution in [0.5, 0.6) is 5.75 Å². The number of benzene rings is 1. The van der Waals surface area contributed by atoms with Gasteiger partial charge in [-0.1, -0.05) is 19.8 Å². The van der Waals surface area contributed by atoms with Crippen LogP contribution in [0.15, 0.2) is 18.2 Å². The molecule has 4 nitrogen and oxygen atoms in total. The van der Waals surface area contributed by atoms with E-state index in [2.05, 4.69) is 12.2 Å². The number of hydrogen-bond acceptors (Lipinski definition) is 3. The van der Waals surface area contributed by atoms with Crippen LogP contribution in [0, 0.1) is 5.92 Å². The zero-order valence-corrected chi connectivity index (χ0v) is 11.6. The van der Waals surface area contributed by atoms with Crippen LogP contribution in [-0.4, -0.2) is 19.1 Å². The second-order valence-electron chi connectivity index (χ2n) is 5.22. The monoisotopic (exact) mass is 262 g/mol. The van der Waals surface area contributed by atoms with Crippen molar-refractivity contribution < 1.29 is 9.53 Å². The number of hydrogen-bond donors (Lipinski definition) is 2. The van der Waals surface area contributed by atoms with Gasteiger partial charge in [0.2, 0.25) is 0 Å². The lowest BCUT2D eigenvalue weighted by molar-refractivity contribution is 0.0929. The highest BCUT2D eigenvalue weighted by Crippen LogP contribution is 2.34. The molecule has 1 atom stereocenters. The Balaban J connectivity index is 2.06. The lowest BCUT2D eigenvalue weighted by Gasteiger charge is -2.18. The topological polar surface area (TPSA) is 64.4 Å². The summed E-state index contributed by atoms with van der Waals surface area (Å²) in [5.41, 5.74) is 6.82. The molecule has 104 valence electrons. The van der Waals surface area contributed by atoms with Crippen molar-refractivity contribution in [3.8, 4) is 5.75 Å². The standard InChI is InChI=1S/C15H22N2O2/c1-3-12(8-10-4-5-10)17-15(18)13-9-11(16)6-7-14(13)19-2/h6-7,9-10,12H,3-5,8,16H2,1-2H3,(H,17,18). The van der Waals surface area contributed by atoms with Gasteiger partial charge in [-0.15, -0.1) is 0 Å². The average Bonchev–Trinajstić information content (AvgIpc) is 3.21. The van der Waals surface area contributed by atoms with Gasteiger partial charge in [-0.2, -0.15) is 0 Å². The third kappa shape index (κ3) is 3.63. The highest BCUT2D eigenvalue weighted by molar-refractivity contribution is 5.98. The number of nitrogen functional groups attached to an aromatic ring is 1. The highest BCUT2D eigenvalue weighted by Gasteiger charge is 2.26. The Morgan fingerprint density at radius 1 is 1.53 bits per heavy atom. The van der Waals surface area contributed by atoms with Crippen molar-refractivity contribution >= 4 is 11.6 Å². The molecule has 2 rings (SSSR count). The normalized spacial score (nSPS) is 15.9. The Hall–Kier alpha value is -1.71. The summed E-state index contributed by atoms with van der Waals surface area (Å²) in [5.74, 6) is 1.26. The minimum Gasteiger partial charge on any atom is -0.496 e. The van der Waals surface area contributed by atoms with E-state index in [1.807, 2.05) is 0 Å². The second-order valence-corrected chi connectivity index (χ2v) is 5.22. The molecule has 0 aromatic heterocycles. The Labute approximate surface area is 114 Å². The van der Waals surface area contributed by atoms with Crippen molar-refractivity contribution in [2.45, 2.75) is 38.6 Å². The van der Waals surface area contributed by atoms with Gasteiger partial charge in [0.15, 0.2) is 0 Å². The predicted octanol–water partition coefficient (Wildman–Crippen LogP) is 2.59. The van der Waals surface area contributed by atoms with E-state index in [0.717, 1.165) is 18.8 Å². The molecule has 1 saturated carbocycles. The van der Waals surface area contributed by atoms with Crippen LogP contribution in [0.1, 0.15) is 43.0 Å². The van der Waals surface area contributed by atoms with Gasteiger partial charge in [0.05, 0.1) is 12.7 Å². The molecule has 4 heteroatoms. The fourth-order valence-electron chi connectivity index (χ4n) is 2.25. The molecule has 0 radical (unpaired) electrons. The zero-order chi connectivity index (χ0) is 13.8. The van der Waals surface area contributed by atoms with Gasteiger partial charge in [-0.3, -0.25) is 4.79 Å². The fraction of sp³-hybridized carbons (Fsp3) is 0.533. The summed E-state index contributed by atoms with van der Waals surface area (Å²) in [4.78, 5) is 12.3. The molecular weight excluding hydrogens is 240 g/mol. The van der Waals surface area contributed by atoms with Gasteiger partial charge < -0.3 is 15.8 Å². The molecular formula is C15H22N2O2. The molecule has 0 aliphatic heterocycles. The minimum atomic E-state index is -0.100. The highest BCUT2D eigenvalue weighted by atomic mass is 16.5. The smallest absolute Gasteiger partial charge is 0.255 e. The van der Waals surface area contributed by atoms with Crippen LogP contribution < -0.4 is 15.8 Å². The quantitative estimate of drug-likeness (QED) is 0.774. The van der Waals surface area contributed by atoms with Crippen molar-refractivity contribution in [3.05, 3.63) is 23.8 Å². The maximum Gasteiger partial charge on any atom is 0.255 e. The lowest BCUT2D eigenvalue weighted by atomic mass is 10.1. The Bertz CT molecular complexity index is 455. The number of amides is 1. The van der Waals surface area contributed by atoms with E-state index in [0.29, 0.717) is 17.0 Å². The number of ether oxygens (including phenoxy) is 1. The van der Waals surface area contributed by atoms with Crippen LogP contribution in [-0.2, 0) is 0 Å². The Kier molecular flexibility index (Phi) is 4.30. The predicted molar refractivity (Wildman–Crippen MR) is 76.3 cm³/mol. The van der Waals surface area contributed by atoms with E-state index in [1.54, 1.807) is 25.3 Å². The van der Waals surface area contributed by atoms with E-state index < -0.39 is 0 Å². The number of nitrogens with one attached hydrogen (secondary N) is 1. The van der Waals surface area contributed by atoms with Crippen LogP contribution in [0.4, 0.5) is 5.69 Å². The lowest BCUT2D eigenvalue weighted by Crippen LogP contribution is -2.35. The second kappa shape index (κ2) is 5.95. The third-order valence-electron chi connectivity index (χ3n) is 3.61. The Morgan fingerprint density at radius 3 is 2.84 bits per heavy atom. The van der Waals surface area contributed by atoms with E-state index in [-0.39, 0.29) is 11.9 Å². The van der Waals surface area contributed by atoms with E-state index in [9.17, 15) is 4.79 Å². The van der Waals surface area contributed by atoms with Crippen LogP contribution in [0.25, 0.3) is 0 Å². The summed E-state index contributed by atoms with van der Waals surface area (Å²) in [5, 5.41) is 3.08. The summed E-state index contributed by atoms with van der Waals surface area (Å²) in [6, 6.07) is 5.37. The molecule has 1 fully saturated rings. The van der Waals surface area contributed by atoms with Crippen molar-refractivity contribution in [1.82, 2.24) is 5.32 Å². The molecule has 1 aromatic carbocycles. The van der Waals surface area contributed by atoms with Crippen LogP contribution >= 0.6 is 0 Å². The third-order valence-corrected chi connectivity index (χ3v) is 3.61. The van der Waals surface area contributed by atoms with Gasteiger partial charge in [-0.25, -0.2) is 0 Å². The molecule has 1 aliphatic rings. The van der Waals surface area contributed by atoms with Gasteiger partial charge in [0.25, 0.3) is 5.91 Å². The van der Waals surface area contributed by atoms with Crippen LogP contribution in [0.2, 0.25) is 0 Å². The molecule has 1 aromatic rings. The first kappa shape index (κ1) is 13.7. The molecule has 1 aliphatic carbocycles. The maximum absolute atomic E-state index is 12.3. The van der Waals surface area contributed by atoms with Crippen molar-refractivity contribution in [2.75, 3.05) is 12.8 Å². The van der Waals surface area contributed by atoms with Crippen LogP contribution in [0.3, 0.4) is 0 Å². The molecule has 19 heavy (non-hydrogen) atoms. The molecule has 0 heterocycles. The number of nitrogens with two attached hydrogens (primary N) is 1. The van der Waals surface area contributed by atoms with Gasteiger partial charge >= 0.3 is 0 Å². The van der Waals surface area contributed by atoms with Gasteiger partial charge in [0.1, 0.15) is 5.75 Å². The van der Waals surface area contributed by atoms with E-state index in [1.165, 1.54) is 12.8 Å². The summed E-state index contributed by atoms with van der Waals surface area (Å²) in [6.07, 6.45) is 4.63. The summed E-state index contributed by atoms with van der Waals surface area (Å²) in [6.45, 7) is 2.10. The summed E-state index contributed by atoms with van der Waals surface area (Å²) < 4.78 is 5.21. The molecule has 0 bridgehead atoms. The molecule has 3 N–H and O–H groups in total. The SMILES string of the molecule is CCC(CC1CC1)NC(=O)c1cc(N)ccc1OC. The number of carbonyl (C=O) groups is 1. The van der Waals surface area contributed by atoms with Crippen molar-refractivity contribution in [3.63, 3.8) is 0 Å². The van der Waals surface area contributed by atoms with Gasteiger partial charge in [-0.05, 0) is 37.0 Å². The number of carbonyl (C=O) groups excluding carboxylic acids is 1. The zero-order valence-electron chi connectivity index (χ0n) is 11.6. The number of methoxy groups -OCH3 is 1. The maximum atomic E-state index is 12.3. The molecule has 0 saturated heterocycles. The first-order valence-electron chi connectivity index (χ1n) is 6.88. The first-order valence-corrected chi connectivity index (χ1v) is 6.88.